The number of hydrogen-bond acceptors (Lipinski definition) is 5. The minimum Gasteiger partial charge on any atom is -0.346 e. The largest absolute Gasteiger partial charge is 0.346 e. The van der Waals surface area contributed by atoms with E-state index in [1.54, 1.807) is 11.3 Å². The number of imidazole rings is 1. The molecule has 114 valence electrons. The topological polar surface area (TPSA) is 36.7 Å². The van der Waals surface area contributed by atoms with E-state index in [4.69, 9.17) is 4.98 Å². The molecule has 0 aliphatic carbocycles. The van der Waals surface area contributed by atoms with Crippen LogP contribution in [0.3, 0.4) is 0 Å². The van der Waals surface area contributed by atoms with Crippen molar-refractivity contribution in [2.75, 3.05) is 31.1 Å². The number of fused-ring (bicyclic) bond motifs is 1. The molecular weight excluding hydrogens is 294 g/mol. The molecule has 0 radical (unpaired) electrons. The lowest BCUT2D eigenvalue weighted by atomic mass is 10.3. The first-order valence-electron chi connectivity index (χ1n) is 7.59. The van der Waals surface area contributed by atoms with Gasteiger partial charge in [-0.25, -0.2) is 9.97 Å². The lowest BCUT2D eigenvalue weighted by Gasteiger charge is -2.34. The molecule has 1 saturated heterocycles. The second kappa shape index (κ2) is 5.70. The number of thiazole rings is 1. The molecule has 3 aromatic rings. The van der Waals surface area contributed by atoms with Crippen LogP contribution >= 0.6 is 11.3 Å². The normalized spacial score (nSPS) is 16.5. The number of aromatic nitrogens is 3. The van der Waals surface area contributed by atoms with Gasteiger partial charge in [0.25, 0.3) is 0 Å². The molecule has 3 aromatic heterocycles. The number of anilines is 1. The fraction of sp³-hybridized carbons (Fsp3) is 0.375. The van der Waals surface area contributed by atoms with Crippen molar-refractivity contribution in [3.8, 4) is 0 Å². The molecule has 1 aliphatic rings. The molecule has 0 bridgehead atoms. The van der Waals surface area contributed by atoms with Crippen LogP contribution in [-0.2, 0) is 6.54 Å². The van der Waals surface area contributed by atoms with Crippen molar-refractivity contribution >= 4 is 22.1 Å². The van der Waals surface area contributed by atoms with E-state index in [9.17, 15) is 0 Å². The van der Waals surface area contributed by atoms with Crippen molar-refractivity contribution in [1.29, 1.82) is 0 Å². The van der Waals surface area contributed by atoms with E-state index >= 15 is 0 Å². The van der Waals surface area contributed by atoms with Crippen LogP contribution in [0.25, 0.3) is 5.65 Å². The first kappa shape index (κ1) is 13.7. The highest BCUT2D eigenvalue weighted by Crippen LogP contribution is 2.19. The van der Waals surface area contributed by atoms with Crippen LogP contribution < -0.4 is 4.90 Å². The van der Waals surface area contributed by atoms with Crippen LogP contribution in [0, 0.1) is 6.92 Å². The Bertz CT molecular complexity index is 756. The first-order chi connectivity index (χ1) is 10.8. The summed E-state index contributed by atoms with van der Waals surface area (Å²) in [6, 6.07) is 4.18. The molecule has 6 heteroatoms. The molecule has 0 atom stereocenters. The molecule has 0 N–H and O–H groups in total. The van der Waals surface area contributed by atoms with Gasteiger partial charge < -0.3 is 9.30 Å². The molecule has 1 fully saturated rings. The van der Waals surface area contributed by atoms with Crippen molar-refractivity contribution in [2.24, 2.45) is 0 Å². The molecule has 4 rings (SSSR count). The quantitative estimate of drug-likeness (QED) is 0.744. The van der Waals surface area contributed by atoms with Crippen molar-refractivity contribution in [3.63, 3.8) is 0 Å². The number of pyridine rings is 1. The Morgan fingerprint density at radius 2 is 2.09 bits per heavy atom. The smallest absolute Gasteiger partial charge is 0.185 e. The maximum absolute atomic E-state index is 4.77. The molecule has 0 saturated carbocycles. The average molecular weight is 313 g/mol. The highest BCUT2D eigenvalue weighted by molar-refractivity contribution is 7.13. The first-order valence-corrected chi connectivity index (χ1v) is 8.47. The number of nitrogens with zero attached hydrogens (tertiary/aromatic N) is 5. The van der Waals surface area contributed by atoms with Gasteiger partial charge in [0.15, 0.2) is 5.13 Å². The zero-order valence-electron chi connectivity index (χ0n) is 12.6. The summed E-state index contributed by atoms with van der Waals surface area (Å²) in [5.41, 5.74) is 3.44. The lowest BCUT2D eigenvalue weighted by Crippen LogP contribution is -2.46. The molecule has 22 heavy (non-hydrogen) atoms. The number of aryl methyl sites for hydroxylation is 1. The Morgan fingerprint density at radius 1 is 1.23 bits per heavy atom. The van der Waals surface area contributed by atoms with Gasteiger partial charge in [0, 0.05) is 56.7 Å². The van der Waals surface area contributed by atoms with E-state index in [1.807, 2.05) is 11.6 Å². The fourth-order valence-corrected chi connectivity index (χ4v) is 3.68. The minimum atomic E-state index is 0.923. The molecule has 0 unspecified atom stereocenters. The summed E-state index contributed by atoms with van der Waals surface area (Å²) in [7, 11) is 0. The zero-order valence-corrected chi connectivity index (χ0v) is 13.5. The Morgan fingerprint density at radius 3 is 2.82 bits per heavy atom. The predicted molar refractivity (Wildman–Crippen MR) is 89.5 cm³/mol. The van der Waals surface area contributed by atoms with Gasteiger partial charge in [-0.2, -0.15) is 0 Å². The summed E-state index contributed by atoms with van der Waals surface area (Å²) < 4.78 is 2.12. The van der Waals surface area contributed by atoms with Crippen molar-refractivity contribution in [3.05, 3.63) is 47.4 Å². The number of rotatable bonds is 3. The Hall–Kier alpha value is -1.92. The third-order valence-electron chi connectivity index (χ3n) is 4.18. The standard InChI is InChI=1S/C16H19N5S/c1-13-3-2-5-21-12-14(18-15(13)21)11-19-6-8-20(9-7-19)16-17-4-10-22-16/h2-5,10,12H,6-9,11H2,1H3. The van der Waals surface area contributed by atoms with E-state index < -0.39 is 0 Å². The van der Waals surface area contributed by atoms with Crippen LogP contribution in [0.5, 0.6) is 0 Å². The molecule has 5 nitrogen and oxygen atoms in total. The van der Waals surface area contributed by atoms with E-state index in [-0.39, 0.29) is 0 Å². The zero-order chi connectivity index (χ0) is 14.9. The summed E-state index contributed by atoms with van der Waals surface area (Å²) in [5.74, 6) is 0. The Kier molecular flexibility index (Phi) is 3.56. The summed E-state index contributed by atoms with van der Waals surface area (Å²) in [6.45, 7) is 7.24. The molecule has 0 amide bonds. The molecular formula is C16H19N5S. The third kappa shape index (κ3) is 2.60. The van der Waals surface area contributed by atoms with Crippen LogP contribution in [0.2, 0.25) is 0 Å². The Labute approximate surface area is 133 Å². The summed E-state index contributed by atoms with van der Waals surface area (Å²) in [6.07, 6.45) is 6.10. The highest BCUT2D eigenvalue weighted by atomic mass is 32.1. The van der Waals surface area contributed by atoms with Crippen LogP contribution in [0.4, 0.5) is 5.13 Å². The summed E-state index contributed by atoms with van der Waals surface area (Å²) in [4.78, 5) is 14.0. The van der Waals surface area contributed by atoms with Crippen molar-refractivity contribution < 1.29 is 0 Å². The van der Waals surface area contributed by atoms with Gasteiger partial charge >= 0.3 is 0 Å². The monoisotopic (exact) mass is 313 g/mol. The molecule has 1 aliphatic heterocycles. The van der Waals surface area contributed by atoms with Gasteiger partial charge in [-0.05, 0) is 18.6 Å². The number of piperazine rings is 1. The molecule has 0 aromatic carbocycles. The highest BCUT2D eigenvalue weighted by Gasteiger charge is 2.19. The maximum atomic E-state index is 4.77. The summed E-state index contributed by atoms with van der Waals surface area (Å²) in [5, 5.41) is 3.18. The third-order valence-corrected chi connectivity index (χ3v) is 5.01. The SMILES string of the molecule is Cc1cccn2cc(CN3CCN(c4nccs4)CC3)nc12. The van der Waals surface area contributed by atoms with E-state index in [0.717, 1.165) is 49.2 Å². The van der Waals surface area contributed by atoms with Gasteiger partial charge in [-0.15, -0.1) is 11.3 Å². The Balaban J connectivity index is 1.42. The fourth-order valence-electron chi connectivity index (χ4n) is 2.98. The second-order valence-corrected chi connectivity index (χ2v) is 6.61. The van der Waals surface area contributed by atoms with Crippen LogP contribution in [0.15, 0.2) is 36.1 Å². The predicted octanol–water partition coefficient (Wildman–Crippen LogP) is 2.42. The van der Waals surface area contributed by atoms with Gasteiger partial charge in [0.05, 0.1) is 5.69 Å². The molecule has 4 heterocycles. The van der Waals surface area contributed by atoms with Gasteiger partial charge in [0.2, 0.25) is 0 Å². The van der Waals surface area contributed by atoms with Crippen molar-refractivity contribution in [1.82, 2.24) is 19.3 Å². The van der Waals surface area contributed by atoms with Crippen molar-refractivity contribution in [2.45, 2.75) is 13.5 Å². The van der Waals surface area contributed by atoms with E-state index in [0.29, 0.717) is 0 Å². The second-order valence-electron chi connectivity index (χ2n) is 5.73. The summed E-state index contributed by atoms with van der Waals surface area (Å²) >= 11 is 1.72. The van der Waals surface area contributed by atoms with Crippen LogP contribution in [-0.4, -0.2) is 45.4 Å². The average Bonchev–Trinajstić information content (AvgIpc) is 3.18. The van der Waals surface area contributed by atoms with E-state index in [1.165, 1.54) is 5.56 Å². The molecule has 0 spiro atoms. The lowest BCUT2D eigenvalue weighted by molar-refractivity contribution is 0.247. The number of hydrogen-bond donors (Lipinski definition) is 0. The van der Waals surface area contributed by atoms with Gasteiger partial charge in [-0.1, -0.05) is 6.07 Å². The van der Waals surface area contributed by atoms with Gasteiger partial charge in [-0.3, -0.25) is 4.90 Å². The van der Waals surface area contributed by atoms with E-state index in [2.05, 4.69) is 50.6 Å². The maximum Gasteiger partial charge on any atom is 0.185 e. The van der Waals surface area contributed by atoms with Gasteiger partial charge in [0.1, 0.15) is 5.65 Å². The minimum absolute atomic E-state index is 0.923. The van der Waals surface area contributed by atoms with Crippen LogP contribution in [0.1, 0.15) is 11.3 Å².